The smallest absolute Gasteiger partial charge is 0.149 e. The van der Waals surface area contributed by atoms with Gasteiger partial charge in [-0.3, -0.25) is 0 Å². The van der Waals surface area contributed by atoms with Gasteiger partial charge in [-0.1, -0.05) is 6.92 Å². The van der Waals surface area contributed by atoms with E-state index in [-0.39, 0.29) is 18.0 Å². The van der Waals surface area contributed by atoms with E-state index in [1.165, 1.54) is 0 Å². The molecule has 0 aliphatic carbocycles. The highest BCUT2D eigenvalue weighted by Gasteiger charge is 2.28. The minimum absolute atomic E-state index is 0.227. The second-order valence-electron chi connectivity index (χ2n) is 2.49. The van der Waals surface area contributed by atoms with E-state index >= 15 is 0 Å². The predicted octanol–water partition coefficient (Wildman–Crippen LogP) is 0.105. The zero-order valence-electron chi connectivity index (χ0n) is 5.41. The highest BCUT2D eigenvalue weighted by atomic mass is 16.5. The molecule has 9 heavy (non-hydrogen) atoms. The van der Waals surface area contributed by atoms with Crippen molar-refractivity contribution in [2.45, 2.75) is 25.5 Å². The molecule has 1 saturated heterocycles. The molecule has 1 aliphatic rings. The van der Waals surface area contributed by atoms with Crippen LogP contribution in [0.15, 0.2) is 0 Å². The molecule has 2 radical (unpaired) electrons. The molecule has 1 unspecified atom stereocenters. The molecule has 0 bridgehead atoms. The van der Waals surface area contributed by atoms with Crippen LogP contribution in [0.1, 0.15) is 13.3 Å². The molecular weight excluding hydrogens is 115 g/mol. The number of carbonyl (C=O) groups is 1. The van der Waals surface area contributed by atoms with Crippen LogP contribution >= 0.6 is 0 Å². The highest BCUT2D eigenvalue weighted by molar-refractivity contribution is 6.11. The van der Waals surface area contributed by atoms with E-state index in [2.05, 4.69) is 0 Å². The number of rotatable bonds is 1. The van der Waals surface area contributed by atoms with Crippen LogP contribution in [0.2, 0.25) is 0 Å². The summed E-state index contributed by atoms with van der Waals surface area (Å²) < 4.78 is 5.03. The van der Waals surface area contributed by atoms with Crippen molar-refractivity contribution >= 4 is 14.1 Å². The van der Waals surface area contributed by atoms with E-state index in [1.54, 1.807) is 0 Å². The summed E-state index contributed by atoms with van der Waals surface area (Å²) in [6.07, 6.45) is 1.35. The van der Waals surface area contributed by atoms with Gasteiger partial charge in [0.25, 0.3) is 0 Å². The summed E-state index contributed by atoms with van der Waals surface area (Å²) in [7, 11) is 5.41. The third-order valence-electron chi connectivity index (χ3n) is 1.63. The lowest BCUT2D eigenvalue weighted by Gasteiger charge is -2.04. The minimum atomic E-state index is -0.264. The van der Waals surface area contributed by atoms with E-state index in [4.69, 9.17) is 12.6 Å². The fourth-order valence-corrected chi connectivity index (χ4v) is 1.06. The van der Waals surface area contributed by atoms with E-state index in [0.717, 1.165) is 12.7 Å². The maximum atomic E-state index is 10.2. The van der Waals surface area contributed by atoms with Gasteiger partial charge in [0.1, 0.15) is 20.2 Å². The topological polar surface area (TPSA) is 26.3 Å². The van der Waals surface area contributed by atoms with Gasteiger partial charge in [-0.2, -0.15) is 0 Å². The summed E-state index contributed by atoms with van der Waals surface area (Å²) in [5.41, 5.74) is 0. The van der Waals surface area contributed by atoms with Crippen LogP contribution in [0.3, 0.4) is 0 Å². The average molecular weight is 124 g/mol. The predicted molar refractivity (Wildman–Crippen MR) is 34.3 cm³/mol. The van der Waals surface area contributed by atoms with E-state index < -0.39 is 0 Å². The fourth-order valence-electron chi connectivity index (χ4n) is 1.06. The third kappa shape index (κ3) is 1.33. The van der Waals surface area contributed by atoms with E-state index in [9.17, 15) is 4.79 Å². The first-order valence-corrected chi connectivity index (χ1v) is 3.10. The van der Waals surface area contributed by atoms with Gasteiger partial charge < -0.3 is 9.53 Å². The molecule has 0 saturated carbocycles. The quantitative estimate of drug-likeness (QED) is 0.366. The second-order valence-corrected chi connectivity index (χ2v) is 2.49. The van der Waals surface area contributed by atoms with Gasteiger partial charge in [-0.05, 0) is 12.3 Å². The molecule has 1 aliphatic heterocycles. The van der Waals surface area contributed by atoms with Crippen molar-refractivity contribution < 1.29 is 9.53 Å². The number of hydrogen-bond donors (Lipinski definition) is 0. The van der Waals surface area contributed by atoms with Crippen molar-refractivity contribution in [2.75, 3.05) is 0 Å². The standard InChI is InChI=1S/C6H9BO2/c1-4-2-6(7)9-5(4)3-8/h3-6H,2H2,1H3/t4?,5-,6-/m0/s1. The number of ether oxygens (including phenoxy) is 1. The summed E-state index contributed by atoms with van der Waals surface area (Å²) in [6.45, 7) is 1.96. The van der Waals surface area contributed by atoms with Gasteiger partial charge in [0.15, 0.2) is 0 Å². The van der Waals surface area contributed by atoms with Gasteiger partial charge >= 0.3 is 0 Å². The average Bonchev–Trinajstić information content (AvgIpc) is 2.10. The molecule has 0 aromatic rings. The highest BCUT2D eigenvalue weighted by Crippen LogP contribution is 2.22. The normalized spacial score (nSPS) is 43.0. The Hall–Kier alpha value is -0.305. The van der Waals surface area contributed by atoms with Crippen LogP contribution < -0.4 is 0 Å². The van der Waals surface area contributed by atoms with Crippen molar-refractivity contribution in [2.24, 2.45) is 5.92 Å². The Bertz CT molecular complexity index is 116. The van der Waals surface area contributed by atoms with Crippen LogP contribution in [-0.2, 0) is 9.53 Å². The van der Waals surface area contributed by atoms with Crippen LogP contribution in [0.5, 0.6) is 0 Å². The molecule has 1 rings (SSSR count). The number of carbonyl (C=O) groups excluding carboxylic acids is 1. The number of hydrogen-bond acceptors (Lipinski definition) is 2. The minimum Gasteiger partial charge on any atom is -0.377 e. The molecule has 2 nitrogen and oxygen atoms in total. The molecule has 3 heteroatoms. The third-order valence-corrected chi connectivity index (χ3v) is 1.63. The van der Waals surface area contributed by atoms with Crippen molar-refractivity contribution in [3.8, 4) is 0 Å². The van der Waals surface area contributed by atoms with Crippen molar-refractivity contribution in [3.63, 3.8) is 0 Å². The van der Waals surface area contributed by atoms with E-state index in [0.29, 0.717) is 0 Å². The van der Waals surface area contributed by atoms with E-state index in [1.807, 2.05) is 6.92 Å². The maximum absolute atomic E-state index is 10.2. The lowest BCUT2D eigenvalue weighted by molar-refractivity contribution is -0.117. The largest absolute Gasteiger partial charge is 0.377 e. The second kappa shape index (κ2) is 2.52. The van der Waals surface area contributed by atoms with Gasteiger partial charge in [0.05, 0.1) is 0 Å². The molecule has 0 aromatic carbocycles. The molecular formula is C6H9BO2. The monoisotopic (exact) mass is 124 g/mol. The maximum Gasteiger partial charge on any atom is 0.149 e. The molecule has 1 fully saturated rings. The summed E-state index contributed by atoms with van der Waals surface area (Å²) in [6, 6.07) is -0.227. The molecule has 0 aromatic heterocycles. The lowest BCUT2D eigenvalue weighted by atomic mass is 9.92. The van der Waals surface area contributed by atoms with Gasteiger partial charge in [-0.25, -0.2) is 0 Å². The Kier molecular flexibility index (Phi) is 1.91. The van der Waals surface area contributed by atoms with Crippen molar-refractivity contribution in [1.82, 2.24) is 0 Å². The summed E-state index contributed by atoms with van der Waals surface area (Å²) in [5, 5.41) is 0. The molecule has 0 spiro atoms. The Labute approximate surface area is 56.0 Å². The first kappa shape index (κ1) is 6.81. The van der Waals surface area contributed by atoms with Crippen LogP contribution in [0, 0.1) is 5.92 Å². The van der Waals surface area contributed by atoms with Crippen LogP contribution in [0.25, 0.3) is 0 Å². The summed E-state index contributed by atoms with van der Waals surface area (Å²) in [5.74, 6) is 0.289. The SMILES string of the molecule is [B][C@@H]1CC(C)[C@H](C=O)O1. The first-order chi connectivity index (χ1) is 4.24. The Morgan fingerprint density at radius 1 is 1.78 bits per heavy atom. The molecule has 0 amide bonds. The van der Waals surface area contributed by atoms with Crippen molar-refractivity contribution in [3.05, 3.63) is 0 Å². The van der Waals surface area contributed by atoms with Crippen LogP contribution in [0.4, 0.5) is 0 Å². The van der Waals surface area contributed by atoms with Gasteiger partial charge in [-0.15, -0.1) is 0 Å². The molecule has 0 N–H and O–H groups in total. The molecule has 48 valence electrons. The Morgan fingerprint density at radius 2 is 2.44 bits per heavy atom. The first-order valence-electron chi connectivity index (χ1n) is 3.10. The Morgan fingerprint density at radius 3 is 2.67 bits per heavy atom. The van der Waals surface area contributed by atoms with Gasteiger partial charge in [0, 0.05) is 6.00 Å². The summed E-state index contributed by atoms with van der Waals surface area (Å²) >= 11 is 0. The Balaban J connectivity index is 2.47. The van der Waals surface area contributed by atoms with Crippen molar-refractivity contribution in [1.29, 1.82) is 0 Å². The number of aldehydes is 1. The molecule has 3 atom stereocenters. The fraction of sp³-hybridized carbons (Fsp3) is 0.833. The lowest BCUT2D eigenvalue weighted by Crippen LogP contribution is -2.15. The zero-order chi connectivity index (χ0) is 6.85. The van der Waals surface area contributed by atoms with Crippen LogP contribution in [-0.4, -0.2) is 26.2 Å². The zero-order valence-corrected chi connectivity index (χ0v) is 5.41. The van der Waals surface area contributed by atoms with Gasteiger partial charge in [0.2, 0.25) is 0 Å². The summed E-state index contributed by atoms with van der Waals surface area (Å²) in [4.78, 5) is 10.2. The molecule has 1 heterocycles.